The molecule has 0 bridgehead atoms. The number of H-pyrrole nitrogens is 1. The van der Waals surface area contributed by atoms with Gasteiger partial charge in [0.05, 0.1) is 11.4 Å². The zero-order valence-electron chi connectivity index (χ0n) is 12.0. The van der Waals surface area contributed by atoms with Crippen molar-refractivity contribution in [3.63, 3.8) is 0 Å². The molecule has 4 nitrogen and oxygen atoms in total. The number of benzene rings is 2. The lowest BCUT2D eigenvalue weighted by molar-refractivity contribution is 0.624. The fraction of sp³-hybridized carbons (Fsp3) is 0. The number of nitrogens with one attached hydrogen (secondary N) is 1. The third-order valence-electron chi connectivity index (χ3n) is 3.70. The van der Waals surface area contributed by atoms with Crippen LogP contribution in [0.1, 0.15) is 0 Å². The van der Waals surface area contributed by atoms with E-state index in [9.17, 15) is 9.18 Å². The number of fused-ring (bicyclic) bond motifs is 1. The van der Waals surface area contributed by atoms with Crippen molar-refractivity contribution in [2.24, 2.45) is 0 Å². The summed E-state index contributed by atoms with van der Waals surface area (Å²) in [4.78, 5) is 15.2. The van der Waals surface area contributed by atoms with Gasteiger partial charge in [0.15, 0.2) is 0 Å². The predicted octanol–water partition coefficient (Wildman–Crippen LogP) is 3.52. The van der Waals surface area contributed by atoms with Crippen LogP contribution in [0.5, 0.6) is 0 Å². The van der Waals surface area contributed by atoms with Crippen LogP contribution in [0, 0.1) is 5.82 Å². The molecule has 4 aromatic rings. The molecule has 2 aromatic heterocycles. The molecule has 4 rings (SSSR count). The Morgan fingerprint density at radius 2 is 1.91 bits per heavy atom. The number of nitrogens with zero attached hydrogens (tertiary/aromatic N) is 2. The molecule has 0 aliphatic rings. The number of aromatic amines is 1. The van der Waals surface area contributed by atoms with Crippen LogP contribution >= 0.6 is 0 Å². The maximum atomic E-state index is 13.4. The SMILES string of the molecule is O=c1ccc(-c2ccc3[nH]ccc3c2)nn1-c1cccc(F)c1. The molecule has 2 heterocycles. The van der Waals surface area contributed by atoms with E-state index in [1.54, 1.807) is 18.2 Å². The summed E-state index contributed by atoms with van der Waals surface area (Å²) in [6.45, 7) is 0. The summed E-state index contributed by atoms with van der Waals surface area (Å²) in [7, 11) is 0. The summed E-state index contributed by atoms with van der Waals surface area (Å²) in [5.74, 6) is -0.407. The van der Waals surface area contributed by atoms with Gasteiger partial charge in [-0.2, -0.15) is 9.78 Å². The first-order valence-corrected chi connectivity index (χ1v) is 7.14. The zero-order chi connectivity index (χ0) is 15.8. The van der Waals surface area contributed by atoms with Crippen LogP contribution < -0.4 is 5.56 Å². The largest absolute Gasteiger partial charge is 0.361 e. The van der Waals surface area contributed by atoms with E-state index in [0.29, 0.717) is 11.4 Å². The van der Waals surface area contributed by atoms with Gasteiger partial charge < -0.3 is 4.98 Å². The van der Waals surface area contributed by atoms with E-state index in [4.69, 9.17) is 0 Å². The van der Waals surface area contributed by atoms with Crippen molar-refractivity contribution in [3.05, 3.63) is 83.0 Å². The molecule has 0 saturated carbocycles. The average molecular weight is 305 g/mol. The summed E-state index contributed by atoms with van der Waals surface area (Å²) in [5.41, 5.74) is 2.67. The molecule has 2 aromatic carbocycles. The van der Waals surface area contributed by atoms with Gasteiger partial charge >= 0.3 is 0 Å². The molecule has 0 aliphatic carbocycles. The Morgan fingerprint density at radius 3 is 2.78 bits per heavy atom. The van der Waals surface area contributed by atoms with Gasteiger partial charge in [0.2, 0.25) is 0 Å². The minimum absolute atomic E-state index is 0.304. The highest BCUT2D eigenvalue weighted by atomic mass is 19.1. The fourth-order valence-corrected chi connectivity index (χ4v) is 2.57. The Bertz CT molecular complexity index is 1070. The Morgan fingerprint density at radius 1 is 1.00 bits per heavy atom. The molecule has 5 heteroatoms. The van der Waals surface area contributed by atoms with Crippen LogP contribution in [0.4, 0.5) is 4.39 Å². The quantitative estimate of drug-likeness (QED) is 0.616. The van der Waals surface area contributed by atoms with Crippen LogP contribution in [0.3, 0.4) is 0 Å². The monoisotopic (exact) mass is 305 g/mol. The van der Waals surface area contributed by atoms with E-state index < -0.39 is 5.82 Å². The highest BCUT2D eigenvalue weighted by molar-refractivity contribution is 5.84. The third kappa shape index (κ3) is 2.42. The lowest BCUT2D eigenvalue weighted by Crippen LogP contribution is -2.20. The summed E-state index contributed by atoms with van der Waals surface area (Å²) in [5, 5.41) is 5.44. The van der Waals surface area contributed by atoms with E-state index >= 15 is 0 Å². The highest BCUT2D eigenvalue weighted by Gasteiger charge is 2.07. The Balaban J connectivity index is 1.87. The van der Waals surface area contributed by atoms with E-state index in [2.05, 4.69) is 10.1 Å². The van der Waals surface area contributed by atoms with Crippen LogP contribution in [0.15, 0.2) is 71.7 Å². The fourth-order valence-electron chi connectivity index (χ4n) is 2.57. The summed E-state index contributed by atoms with van der Waals surface area (Å²) in [6, 6.07) is 16.8. The van der Waals surface area contributed by atoms with Crippen LogP contribution in [0.25, 0.3) is 27.8 Å². The van der Waals surface area contributed by atoms with Crippen molar-refractivity contribution in [2.75, 3.05) is 0 Å². The van der Waals surface area contributed by atoms with Gasteiger partial charge in [-0.15, -0.1) is 0 Å². The topological polar surface area (TPSA) is 50.7 Å². The normalized spacial score (nSPS) is 11.0. The van der Waals surface area contributed by atoms with E-state index in [-0.39, 0.29) is 5.56 Å². The van der Waals surface area contributed by atoms with E-state index in [1.165, 1.54) is 22.9 Å². The van der Waals surface area contributed by atoms with Crippen LogP contribution in [-0.4, -0.2) is 14.8 Å². The molecule has 0 spiro atoms. The second-order valence-electron chi connectivity index (χ2n) is 5.23. The molecule has 0 saturated heterocycles. The standard InChI is InChI=1S/C18H12FN3O/c19-14-2-1-3-15(11-14)22-18(23)7-6-17(21-22)12-4-5-16-13(10-12)8-9-20-16/h1-11,20H. The van der Waals surface area contributed by atoms with Gasteiger partial charge in [0.1, 0.15) is 5.82 Å². The van der Waals surface area contributed by atoms with Crippen LogP contribution in [0.2, 0.25) is 0 Å². The minimum Gasteiger partial charge on any atom is -0.361 e. The van der Waals surface area contributed by atoms with Gasteiger partial charge in [-0.05, 0) is 42.5 Å². The molecular weight excluding hydrogens is 293 g/mol. The molecular formula is C18H12FN3O. The molecule has 1 N–H and O–H groups in total. The second kappa shape index (κ2) is 5.21. The number of halogens is 1. The lowest BCUT2D eigenvalue weighted by atomic mass is 10.1. The first kappa shape index (κ1) is 13.5. The summed E-state index contributed by atoms with van der Waals surface area (Å²) in [6.07, 6.45) is 1.87. The molecule has 0 unspecified atom stereocenters. The number of hydrogen-bond acceptors (Lipinski definition) is 2. The van der Waals surface area contributed by atoms with Gasteiger partial charge in [0, 0.05) is 28.7 Å². The minimum atomic E-state index is -0.407. The number of rotatable bonds is 2. The van der Waals surface area contributed by atoms with Crippen molar-refractivity contribution in [1.82, 2.24) is 14.8 Å². The van der Waals surface area contributed by atoms with Crippen molar-refractivity contribution in [3.8, 4) is 16.9 Å². The van der Waals surface area contributed by atoms with Crippen LogP contribution in [-0.2, 0) is 0 Å². The Labute approximate surface area is 130 Å². The molecule has 0 atom stereocenters. The van der Waals surface area contributed by atoms with Gasteiger partial charge in [-0.3, -0.25) is 4.79 Å². The van der Waals surface area contributed by atoms with E-state index in [0.717, 1.165) is 16.5 Å². The molecule has 23 heavy (non-hydrogen) atoms. The highest BCUT2D eigenvalue weighted by Crippen LogP contribution is 2.22. The molecule has 0 radical (unpaired) electrons. The maximum Gasteiger partial charge on any atom is 0.271 e. The van der Waals surface area contributed by atoms with Gasteiger partial charge in [-0.25, -0.2) is 4.39 Å². The summed E-state index contributed by atoms with van der Waals surface area (Å²) < 4.78 is 14.6. The predicted molar refractivity (Wildman–Crippen MR) is 87.1 cm³/mol. The lowest BCUT2D eigenvalue weighted by Gasteiger charge is -2.07. The smallest absolute Gasteiger partial charge is 0.271 e. The van der Waals surface area contributed by atoms with Crippen molar-refractivity contribution in [1.29, 1.82) is 0 Å². The first-order chi connectivity index (χ1) is 11.2. The maximum absolute atomic E-state index is 13.4. The average Bonchev–Trinajstić information content (AvgIpc) is 3.03. The summed E-state index contributed by atoms with van der Waals surface area (Å²) >= 11 is 0. The van der Waals surface area contributed by atoms with Crippen molar-refractivity contribution >= 4 is 10.9 Å². The first-order valence-electron chi connectivity index (χ1n) is 7.14. The molecule has 112 valence electrons. The van der Waals surface area contributed by atoms with Gasteiger partial charge in [0.25, 0.3) is 5.56 Å². The molecule has 0 fully saturated rings. The Kier molecular flexibility index (Phi) is 3.05. The van der Waals surface area contributed by atoms with E-state index in [1.807, 2.05) is 30.5 Å². The number of aromatic nitrogens is 3. The molecule has 0 aliphatic heterocycles. The molecule has 0 amide bonds. The number of hydrogen-bond donors (Lipinski definition) is 1. The van der Waals surface area contributed by atoms with Crippen molar-refractivity contribution in [2.45, 2.75) is 0 Å². The zero-order valence-corrected chi connectivity index (χ0v) is 12.0. The Hall–Kier alpha value is -3.21. The van der Waals surface area contributed by atoms with Crippen molar-refractivity contribution < 1.29 is 4.39 Å². The van der Waals surface area contributed by atoms with Gasteiger partial charge in [-0.1, -0.05) is 12.1 Å². The second-order valence-corrected chi connectivity index (χ2v) is 5.23. The third-order valence-corrected chi connectivity index (χ3v) is 3.70.